The van der Waals surface area contributed by atoms with Crippen molar-refractivity contribution in [3.8, 4) is 0 Å². The summed E-state index contributed by atoms with van der Waals surface area (Å²) >= 11 is 5.66. The number of pyridine rings is 1. The molecule has 128 valence electrons. The van der Waals surface area contributed by atoms with Crippen LogP contribution in [-0.2, 0) is 12.4 Å². The summed E-state index contributed by atoms with van der Waals surface area (Å²) in [5, 5.41) is 2.27. The van der Waals surface area contributed by atoms with Gasteiger partial charge in [-0.25, -0.2) is 4.98 Å². The van der Waals surface area contributed by atoms with Crippen LogP contribution in [0.2, 0.25) is 5.02 Å². The lowest BCUT2D eigenvalue weighted by molar-refractivity contribution is -0.143. The molecule has 0 aliphatic carbocycles. The lowest BCUT2D eigenvalue weighted by Gasteiger charge is -2.14. The molecule has 0 fully saturated rings. The first-order valence-electron chi connectivity index (χ1n) is 6.19. The van der Waals surface area contributed by atoms with E-state index in [0.29, 0.717) is 12.1 Å². The molecule has 0 saturated heterocycles. The highest BCUT2D eigenvalue weighted by Gasteiger charge is 2.37. The van der Waals surface area contributed by atoms with Crippen LogP contribution >= 0.6 is 11.6 Å². The Morgan fingerprint density at radius 1 is 0.958 bits per heavy atom. The molecule has 24 heavy (non-hydrogen) atoms. The second kappa shape index (κ2) is 6.31. The zero-order chi connectivity index (χ0) is 18.1. The molecule has 1 N–H and O–H groups in total. The number of hydrogen-bond donors (Lipinski definition) is 1. The number of benzene rings is 1. The van der Waals surface area contributed by atoms with Gasteiger partial charge in [-0.15, -0.1) is 0 Å². The fraction of sp³-hybridized carbons (Fsp3) is 0.143. The van der Waals surface area contributed by atoms with E-state index in [1.165, 1.54) is 18.3 Å². The maximum Gasteiger partial charge on any atom is 0.416 e. The lowest BCUT2D eigenvalue weighted by atomic mass is 10.0. The third kappa shape index (κ3) is 4.38. The minimum Gasteiger partial charge on any atom is -0.307 e. The number of nitrogens with zero attached hydrogens (tertiary/aromatic N) is 1. The first-order valence-corrected chi connectivity index (χ1v) is 6.57. The average molecular weight is 369 g/mol. The molecule has 1 aromatic heterocycles. The second-order valence-electron chi connectivity index (χ2n) is 4.61. The van der Waals surface area contributed by atoms with Crippen LogP contribution in [0.4, 0.5) is 32.2 Å². The number of halogens is 7. The molecule has 0 aliphatic heterocycles. The number of rotatable bonds is 2. The molecule has 0 saturated carbocycles. The van der Waals surface area contributed by atoms with Crippen LogP contribution in [0.5, 0.6) is 0 Å². The standard InChI is InChI=1S/C14H7ClF6N2O/c15-10-1-2-22-11(6-10)23-12(24)7-3-8(13(16,17)18)5-9(4-7)14(19,20)21/h1-6H,(H,22,23,24). The number of carbonyl (C=O) groups excluding carboxylic acids is 1. The largest absolute Gasteiger partial charge is 0.416 e. The average Bonchev–Trinajstić information content (AvgIpc) is 2.45. The third-order valence-corrected chi connectivity index (χ3v) is 3.05. The van der Waals surface area contributed by atoms with Crippen molar-refractivity contribution >= 4 is 23.3 Å². The van der Waals surface area contributed by atoms with E-state index in [2.05, 4.69) is 10.3 Å². The molecule has 10 heteroatoms. The van der Waals surface area contributed by atoms with E-state index < -0.39 is 35.0 Å². The van der Waals surface area contributed by atoms with E-state index in [1.807, 2.05) is 0 Å². The normalized spacial score (nSPS) is 12.1. The predicted octanol–water partition coefficient (Wildman–Crippen LogP) is 5.02. The summed E-state index contributed by atoms with van der Waals surface area (Å²) in [6.45, 7) is 0. The fourth-order valence-corrected chi connectivity index (χ4v) is 1.91. The van der Waals surface area contributed by atoms with Gasteiger partial charge in [0.1, 0.15) is 5.82 Å². The zero-order valence-corrected chi connectivity index (χ0v) is 12.2. The van der Waals surface area contributed by atoms with Gasteiger partial charge in [-0.2, -0.15) is 26.3 Å². The topological polar surface area (TPSA) is 42.0 Å². The van der Waals surface area contributed by atoms with Crippen LogP contribution in [0.25, 0.3) is 0 Å². The van der Waals surface area contributed by atoms with Crippen molar-refractivity contribution in [1.82, 2.24) is 4.98 Å². The molecule has 0 spiro atoms. The minimum absolute atomic E-state index is 0.0611. The monoisotopic (exact) mass is 368 g/mol. The number of hydrogen-bond acceptors (Lipinski definition) is 2. The quantitative estimate of drug-likeness (QED) is 0.756. The molecule has 1 amide bonds. The summed E-state index contributed by atoms with van der Waals surface area (Å²) < 4.78 is 76.5. The molecule has 2 aromatic rings. The van der Waals surface area contributed by atoms with Gasteiger partial charge in [0, 0.05) is 16.8 Å². The Hall–Kier alpha value is -2.29. The summed E-state index contributed by atoms with van der Waals surface area (Å²) in [5.41, 5.74) is -3.97. The van der Waals surface area contributed by atoms with Gasteiger partial charge < -0.3 is 5.32 Å². The van der Waals surface area contributed by atoms with E-state index >= 15 is 0 Å². The van der Waals surface area contributed by atoms with E-state index in [0.717, 1.165) is 0 Å². The van der Waals surface area contributed by atoms with Crippen LogP contribution in [0.15, 0.2) is 36.5 Å². The van der Waals surface area contributed by atoms with Gasteiger partial charge in [-0.3, -0.25) is 4.79 Å². The van der Waals surface area contributed by atoms with Crippen molar-refractivity contribution in [2.75, 3.05) is 5.32 Å². The van der Waals surface area contributed by atoms with E-state index in [9.17, 15) is 31.1 Å². The van der Waals surface area contributed by atoms with Gasteiger partial charge in [0.05, 0.1) is 11.1 Å². The molecule has 0 atom stereocenters. The molecule has 3 nitrogen and oxygen atoms in total. The van der Waals surface area contributed by atoms with Gasteiger partial charge in [0.15, 0.2) is 0 Å². The first kappa shape index (κ1) is 18.1. The molecule has 0 unspecified atom stereocenters. The molecule has 0 aliphatic rings. The SMILES string of the molecule is O=C(Nc1cc(Cl)ccn1)c1cc(C(F)(F)F)cc(C(F)(F)F)c1. The highest BCUT2D eigenvalue weighted by Crippen LogP contribution is 2.36. The number of alkyl halides is 6. The van der Waals surface area contributed by atoms with Crippen LogP contribution in [0, 0.1) is 0 Å². The van der Waals surface area contributed by atoms with Crippen LogP contribution in [-0.4, -0.2) is 10.9 Å². The Labute approximate surface area is 136 Å². The predicted molar refractivity (Wildman–Crippen MR) is 73.6 cm³/mol. The maximum atomic E-state index is 12.8. The molecule has 1 heterocycles. The number of amides is 1. The van der Waals surface area contributed by atoms with Crippen molar-refractivity contribution in [3.63, 3.8) is 0 Å². The van der Waals surface area contributed by atoms with Gasteiger partial charge in [-0.1, -0.05) is 11.6 Å². The van der Waals surface area contributed by atoms with E-state index in [4.69, 9.17) is 11.6 Å². The summed E-state index contributed by atoms with van der Waals surface area (Å²) in [5.74, 6) is -1.29. The van der Waals surface area contributed by atoms with Gasteiger partial charge in [0.2, 0.25) is 0 Å². The number of nitrogens with one attached hydrogen (secondary N) is 1. The van der Waals surface area contributed by atoms with Gasteiger partial charge >= 0.3 is 12.4 Å². The molecule has 0 bridgehead atoms. The number of carbonyl (C=O) groups is 1. The molecule has 0 radical (unpaired) electrons. The maximum absolute atomic E-state index is 12.8. The number of anilines is 1. The van der Waals surface area contributed by atoms with Gasteiger partial charge in [0.25, 0.3) is 5.91 Å². The second-order valence-corrected chi connectivity index (χ2v) is 5.04. The molecular weight excluding hydrogens is 362 g/mol. The summed E-state index contributed by atoms with van der Waals surface area (Å²) in [7, 11) is 0. The van der Waals surface area contributed by atoms with Crippen molar-refractivity contribution in [2.24, 2.45) is 0 Å². The van der Waals surface area contributed by atoms with E-state index in [1.54, 1.807) is 0 Å². The third-order valence-electron chi connectivity index (χ3n) is 2.81. The number of aromatic nitrogens is 1. The van der Waals surface area contributed by atoms with Crippen LogP contribution in [0.1, 0.15) is 21.5 Å². The van der Waals surface area contributed by atoms with Crippen LogP contribution < -0.4 is 5.32 Å². The minimum atomic E-state index is -5.04. The Kier molecular flexibility index (Phi) is 4.75. The highest BCUT2D eigenvalue weighted by atomic mass is 35.5. The van der Waals surface area contributed by atoms with Gasteiger partial charge in [-0.05, 0) is 30.3 Å². The Morgan fingerprint density at radius 2 is 1.50 bits per heavy atom. The first-order chi connectivity index (χ1) is 11.0. The molecule has 1 aromatic carbocycles. The summed E-state index contributed by atoms with van der Waals surface area (Å²) in [6, 6.07) is 3.17. The summed E-state index contributed by atoms with van der Waals surface area (Å²) in [4.78, 5) is 15.6. The highest BCUT2D eigenvalue weighted by molar-refractivity contribution is 6.30. The lowest BCUT2D eigenvalue weighted by Crippen LogP contribution is -2.17. The molecule has 2 rings (SSSR count). The fourth-order valence-electron chi connectivity index (χ4n) is 1.75. The van der Waals surface area contributed by atoms with Crippen molar-refractivity contribution in [2.45, 2.75) is 12.4 Å². The Morgan fingerprint density at radius 3 is 1.96 bits per heavy atom. The van der Waals surface area contributed by atoms with Crippen molar-refractivity contribution in [3.05, 3.63) is 58.2 Å². The van der Waals surface area contributed by atoms with Crippen LogP contribution in [0.3, 0.4) is 0 Å². The zero-order valence-electron chi connectivity index (χ0n) is 11.5. The Bertz CT molecular complexity index is 740. The Balaban J connectivity index is 2.43. The van der Waals surface area contributed by atoms with E-state index in [-0.39, 0.29) is 16.9 Å². The van der Waals surface area contributed by atoms with Crippen molar-refractivity contribution in [1.29, 1.82) is 0 Å². The molecular formula is C14H7ClF6N2O. The smallest absolute Gasteiger partial charge is 0.307 e. The summed E-state index contributed by atoms with van der Waals surface area (Å²) in [6.07, 6.45) is -8.86. The van der Waals surface area contributed by atoms with Crippen molar-refractivity contribution < 1.29 is 31.1 Å².